The molecule has 4 amide bonds. The van der Waals surface area contributed by atoms with Crippen LogP contribution in [0.4, 0.5) is 32.3 Å². The standard InChI is InChI=1S/C46H46N4O4.C16H36N.CHCl3.ClH/c1-45(2,3)35-16-26-41(49-43(51)47-37-18-22-39(53-7)23-19-37)33(29-35)14-12-31-10-9-11-32(28-31)13-15-34-30-36(46(4,5)6)17-27-42(34)50-44(52)48-38-20-24-40(54-8)25-21-38;1-5-9-13-17(14-10-6-2,15-11-7-3)16-12-8-4;2-1(3)4;/h9-11,16-30H,1-8H3,(H2,47,49,51)(H2,48,50,52);5-16H2,1-4H3;1H;1H/q;+1;;/p-1. The average molecular weight is 1120 g/mol. The van der Waals surface area contributed by atoms with Crippen LogP contribution < -0.4 is 43.1 Å². The number of urea groups is 2. The van der Waals surface area contributed by atoms with Gasteiger partial charge in [-0.15, -0.1) is 0 Å². The number of amides is 4. The van der Waals surface area contributed by atoms with Gasteiger partial charge in [-0.2, -0.15) is 0 Å². The maximum absolute atomic E-state index is 13.0. The summed E-state index contributed by atoms with van der Waals surface area (Å²) < 4.78 is 11.1. The first-order valence-electron chi connectivity index (χ1n) is 26.3. The zero-order valence-electron chi connectivity index (χ0n) is 47.0. The van der Waals surface area contributed by atoms with Crippen molar-refractivity contribution in [3.63, 3.8) is 0 Å². The maximum Gasteiger partial charge on any atom is 0.323 e. The summed E-state index contributed by atoms with van der Waals surface area (Å²) in [6, 6.07) is 33.0. The highest BCUT2D eigenvalue weighted by molar-refractivity contribution is 6.63. The van der Waals surface area contributed by atoms with Gasteiger partial charge in [0.05, 0.1) is 51.8 Å². The van der Waals surface area contributed by atoms with Gasteiger partial charge in [-0.25, -0.2) is 9.59 Å². The zero-order valence-corrected chi connectivity index (χ0v) is 50.1. The number of hydrogen-bond acceptors (Lipinski definition) is 4. The molecule has 76 heavy (non-hydrogen) atoms. The van der Waals surface area contributed by atoms with Crippen LogP contribution in [0.15, 0.2) is 109 Å². The van der Waals surface area contributed by atoms with Crippen LogP contribution in [0, 0.1) is 23.7 Å². The van der Waals surface area contributed by atoms with E-state index in [2.05, 4.69) is 114 Å². The smallest absolute Gasteiger partial charge is 0.323 e. The number of ether oxygens (including phenoxy) is 2. The third kappa shape index (κ3) is 24.6. The molecular formula is C63H83Cl4N5O4. The Morgan fingerprint density at radius 2 is 0.829 bits per heavy atom. The molecule has 412 valence electrons. The second kappa shape index (κ2) is 34.3. The Hall–Kier alpha value is -5.52. The number of carbonyl (C=O) groups excluding carboxylic acids is 2. The van der Waals surface area contributed by atoms with Gasteiger partial charge in [-0.3, -0.25) is 0 Å². The molecule has 13 heteroatoms. The summed E-state index contributed by atoms with van der Waals surface area (Å²) in [7, 11) is 3.19. The number of carbonyl (C=O) groups is 2. The third-order valence-corrected chi connectivity index (χ3v) is 12.5. The number of hydrogen-bond donors (Lipinski definition) is 4. The van der Waals surface area contributed by atoms with E-state index in [9.17, 15) is 9.59 Å². The van der Waals surface area contributed by atoms with Gasteiger partial charge in [-0.1, -0.05) is 172 Å². The van der Waals surface area contributed by atoms with E-state index in [-0.39, 0.29) is 35.3 Å². The molecule has 0 radical (unpaired) electrons. The average Bonchev–Trinajstić information content (AvgIpc) is 3.37. The molecule has 4 N–H and O–H groups in total. The molecule has 9 nitrogen and oxygen atoms in total. The number of benzene rings is 5. The number of nitrogens with one attached hydrogen (secondary N) is 4. The van der Waals surface area contributed by atoms with E-state index in [0.717, 1.165) is 22.3 Å². The van der Waals surface area contributed by atoms with Crippen molar-refractivity contribution in [1.82, 2.24) is 0 Å². The SMILES string of the molecule is CCCC[N+](CCCC)(CCCC)CCCC.COc1ccc(NC(=O)Nc2ccc(C(C)(C)C)cc2C#Cc2cccc(C#Cc3cc(C(C)(C)C)ccc3NC(=O)Nc3ccc(OC)cc3)c2)cc1.ClC(Cl)Cl.[Cl-]. The molecule has 0 aliphatic rings. The van der Waals surface area contributed by atoms with Gasteiger partial charge in [0, 0.05) is 33.6 Å². The molecular weight excluding hydrogens is 1030 g/mol. The highest BCUT2D eigenvalue weighted by atomic mass is 35.6. The highest BCUT2D eigenvalue weighted by Gasteiger charge is 2.25. The van der Waals surface area contributed by atoms with Gasteiger partial charge < -0.3 is 47.6 Å². The molecule has 5 aromatic carbocycles. The van der Waals surface area contributed by atoms with Crippen molar-refractivity contribution < 1.29 is 36.0 Å². The number of rotatable bonds is 18. The lowest BCUT2D eigenvalue weighted by atomic mass is 9.86. The molecule has 0 aromatic heterocycles. The summed E-state index contributed by atoms with van der Waals surface area (Å²) in [5, 5.41) is 11.6. The van der Waals surface area contributed by atoms with Gasteiger partial charge in [0.15, 0.2) is 4.30 Å². The van der Waals surface area contributed by atoms with E-state index in [1.165, 1.54) is 82.0 Å². The maximum atomic E-state index is 13.0. The molecule has 0 aliphatic carbocycles. The van der Waals surface area contributed by atoms with Crippen molar-refractivity contribution in [3.8, 4) is 35.2 Å². The van der Waals surface area contributed by atoms with Gasteiger partial charge in [-0.05, 0) is 139 Å². The minimum Gasteiger partial charge on any atom is -1.00 e. The van der Waals surface area contributed by atoms with Crippen molar-refractivity contribution in [2.45, 2.75) is 136 Å². The van der Waals surface area contributed by atoms with Crippen molar-refractivity contribution >= 4 is 69.6 Å². The number of nitrogens with zero attached hydrogens (tertiary/aromatic N) is 1. The van der Waals surface area contributed by atoms with Gasteiger partial charge in [0.25, 0.3) is 0 Å². The molecule has 0 spiro atoms. The topological polar surface area (TPSA) is 101 Å². The lowest BCUT2D eigenvalue weighted by molar-refractivity contribution is -0.929. The summed E-state index contributed by atoms with van der Waals surface area (Å²) in [5.41, 5.74) is 7.28. The molecule has 0 heterocycles. The lowest BCUT2D eigenvalue weighted by Gasteiger charge is -2.39. The fourth-order valence-corrected chi connectivity index (χ4v) is 7.96. The molecule has 0 saturated heterocycles. The molecule has 0 atom stereocenters. The number of anilines is 4. The monoisotopic (exact) mass is 1110 g/mol. The number of halogens is 4. The van der Waals surface area contributed by atoms with Crippen LogP contribution in [0.25, 0.3) is 0 Å². The van der Waals surface area contributed by atoms with E-state index in [1.807, 2.05) is 60.7 Å². The lowest BCUT2D eigenvalue weighted by Crippen LogP contribution is -3.00. The quantitative estimate of drug-likeness (QED) is 0.0399. The molecule has 0 fully saturated rings. The van der Waals surface area contributed by atoms with E-state index in [1.54, 1.807) is 62.8 Å². The van der Waals surface area contributed by atoms with Crippen LogP contribution in [-0.2, 0) is 10.8 Å². The summed E-state index contributed by atoms with van der Waals surface area (Å²) in [6.07, 6.45) is 11.1. The van der Waals surface area contributed by atoms with Gasteiger partial charge in [0.2, 0.25) is 0 Å². The van der Waals surface area contributed by atoms with E-state index >= 15 is 0 Å². The van der Waals surface area contributed by atoms with Gasteiger partial charge in [0.1, 0.15) is 11.5 Å². The normalized spacial score (nSPS) is 10.8. The number of methoxy groups -OCH3 is 2. The highest BCUT2D eigenvalue weighted by Crippen LogP contribution is 2.29. The molecule has 0 aliphatic heterocycles. The Kier molecular flexibility index (Phi) is 30.0. The zero-order chi connectivity index (χ0) is 55.4. The van der Waals surface area contributed by atoms with Crippen LogP contribution in [-0.4, -0.2) is 61.2 Å². The Bertz CT molecular complexity index is 2460. The van der Waals surface area contributed by atoms with Crippen LogP contribution in [0.3, 0.4) is 0 Å². The van der Waals surface area contributed by atoms with Crippen molar-refractivity contribution in [1.29, 1.82) is 0 Å². The minimum atomic E-state index is -0.750. The number of alkyl halides is 3. The minimum absolute atomic E-state index is 0. The Balaban J connectivity index is 0.000000757. The molecule has 0 bridgehead atoms. The third-order valence-electron chi connectivity index (χ3n) is 12.5. The van der Waals surface area contributed by atoms with Crippen LogP contribution in [0.1, 0.15) is 154 Å². The fraction of sp³-hybridized carbons (Fsp3) is 0.429. The largest absolute Gasteiger partial charge is 1.00 e. The second-order valence-corrected chi connectivity index (χ2v) is 22.6. The Morgan fingerprint density at radius 1 is 0.500 bits per heavy atom. The van der Waals surface area contributed by atoms with E-state index in [4.69, 9.17) is 44.3 Å². The fourth-order valence-electron chi connectivity index (χ4n) is 7.96. The van der Waals surface area contributed by atoms with Crippen molar-refractivity contribution in [2.75, 3.05) is 61.7 Å². The predicted octanol–water partition coefficient (Wildman–Crippen LogP) is 14.4. The Labute approximate surface area is 477 Å². The van der Waals surface area contributed by atoms with Gasteiger partial charge >= 0.3 is 12.1 Å². The summed E-state index contributed by atoms with van der Waals surface area (Å²) in [6.45, 7) is 27.8. The first-order chi connectivity index (χ1) is 35.7. The van der Waals surface area contributed by atoms with Crippen molar-refractivity contribution in [3.05, 3.63) is 143 Å². The first-order valence-corrected chi connectivity index (χ1v) is 27.6. The Morgan fingerprint density at radius 3 is 1.12 bits per heavy atom. The summed E-state index contributed by atoms with van der Waals surface area (Å²) in [5.74, 6) is 14.5. The first kappa shape index (κ1) is 66.6. The molecule has 0 saturated carbocycles. The summed E-state index contributed by atoms with van der Waals surface area (Å²) in [4.78, 5) is 26.0. The van der Waals surface area contributed by atoms with Crippen molar-refractivity contribution in [2.24, 2.45) is 0 Å². The van der Waals surface area contributed by atoms with E-state index in [0.29, 0.717) is 45.4 Å². The predicted molar refractivity (Wildman–Crippen MR) is 321 cm³/mol. The van der Waals surface area contributed by atoms with Crippen LogP contribution in [0.2, 0.25) is 0 Å². The summed E-state index contributed by atoms with van der Waals surface area (Å²) >= 11 is 14.4. The van der Waals surface area contributed by atoms with Crippen LogP contribution >= 0.6 is 34.8 Å². The molecule has 0 unspecified atom stereocenters. The van der Waals surface area contributed by atoms with Crippen LogP contribution in [0.5, 0.6) is 11.5 Å². The number of quaternary nitrogens is 1. The molecule has 5 aromatic rings. The van der Waals surface area contributed by atoms with E-state index < -0.39 is 4.30 Å². The second-order valence-electron chi connectivity index (χ2n) is 20.6. The molecule has 5 rings (SSSR count). The number of unbranched alkanes of at least 4 members (excludes halogenated alkanes) is 4.